The summed E-state index contributed by atoms with van der Waals surface area (Å²) in [5.74, 6) is 0.457. The highest BCUT2D eigenvalue weighted by atomic mass is 32.2. The van der Waals surface area contributed by atoms with Crippen molar-refractivity contribution in [2.24, 2.45) is 0 Å². The van der Waals surface area contributed by atoms with Crippen LogP contribution in [0.3, 0.4) is 0 Å². The minimum Gasteiger partial charge on any atom is -0.379 e. The van der Waals surface area contributed by atoms with Gasteiger partial charge in [-0.2, -0.15) is 0 Å². The van der Waals surface area contributed by atoms with Gasteiger partial charge >= 0.3 is 0 Å². The lowest BCUT2D eigenvalue weighted by Gasteiger charge is -2.27. The average Bonchev–Trinajstić information content (AvgIpc) is 2.90. The number of thioether (sulfide) groups is 1. The Morgan fingerprint density at radius 1 is 1.48 bits per heavy atom. The zero-order chi connectivity index (χ0) is 15.1. The highest BCUT2D eigenvalue weighted by molar-refractivity contribution is 8.01. The van der Waals surface area contributed by atoms with Crippen LogP contribution in [0.15, 0.2) is 4.34 Å². The Morgan fingerprint density at radius 2 is 2.24 bits per heavy atom. The summed E-state index contributed by atoms with van der Waals surface area (Å²) >= 11 is 2.96. The number of aromatic nitrogens is 2. The van der Waals surface area contributed by atoms with E-state index in [1.54, 1.807) is 0 Å². The summed E-state index contributed by atoms with van der Waals surface area (Å²) < 4.78 is 6.17. The first-order valence-electron chi connectivity index (χ1n) is 7.16. The first-order chi connectivity index (χ1) is 10.1. The third-order valence-electron chi connectivity index (χ3n) is 3.22. The van der Waals surface area contributed by atoms with Crippen LogP contribution in [0.2, 0.25) is 0 Å². The molecule has 6 nitrogen and oxygen atoms in total. The van der Waals surface area contributed by atoms with Gasteiger partial charge in [0.05, 0.1) is 19.0 Å². The van der Waals surface area contributed by atoms with Crippen molar-refractivity contribution in [2.75, 3.05) is 38.6 Å². The minimum atomic E-state index is 0.0577. The van der Waals surface area contributed by atoms with Gasteiger partial charge in [0, 0.05) is 25.7 Å². The van der Waals surface area contributed by atoms with E-state index in [2.05, 4.69) is 27.3 Å². The fourth-order valence-corrected chi connectivity index (χ4v) is 3.68. The lowest BCUT2D eigenvalue weighted by Crippen LogP contribution is -2.40. The van der Waals surface area contributed by atoms with Crippen LogP contribution in [-0.4, -0.2) is 65.6 Å². The molecule has 1 fully saturated rings. The van der Waals surface area contributed by atoms with Gasteiger partial charge in [0.15, 0.2) is 4.34 Å². The Bertz CT molecular complexity index is 449. The average molecular weight is 330 g/mol. The molecule has 1 aliphatic heterocycles. The number of nitrogens with one attached hydrogen (secondary N) is 1. The Labute approximate surface area is 133 Å². The number of aryl methyl sites for hydroxylation is 1. The van der Waals surface area contributed by atoms with E-state index in [0.717, 1.165) is 48.6 Å². The molecule has 1 N–H and O–H groups in total. The Balaban J connectivity index is 1.60. The molecule has 0 saturated carbocycles. The summed E-state index contributed by atoms with van der Waals surface area (Å²) in [5, 5.41) is 11.9. The van der Waals surface area contributed by atoms with Crippen LogP contribution in [0.25, 0.3) is 0 Å². The standard InChI is InChI=1S/C13H22N4O2S2/c1-10(3-4-17-5-7-19-8-6-17)14-12(18)9-20-13-16-15-11(2)21-13/h10H,3-9H2,1-2H3,(H,14,18)/t10-/m0/s1. The van der Waals surface area contributed by atoms with Crippen molar-refractivity contribution < 1.29 is 9.53 Å². The Kier molecular flexibility index (Phi) is 6.88. The summed E-state index contributed by atoms with van der Waals surface area (Å²) in [5.41, 5.74) is 0. The zero-order valence-electron chi connectivity index (χ0n) is 12.5. The van der Waals surface area contributed by atoms with E-state index in [0.29, 0.717) is 5.75 Å². The smallest absolute Gasteiger partial charge is 0.230 e. The van der Waals surface area contributed by atoms with E-state index in [1.807, 2.05) is 6.92 Å². The van der Waals surface area contributed by atoms with Crippen molar-refractivity contribution in [1.29, 1.82) is 0 Å². The number of ether oxygens (including phenoxy) is 1. The Morgan fingerprint density at radius 3 is 2.90 bits per heavy atom. The number of hydrogen-bond acceptors (Lipinski definition) is 7. The van der Waals surface area contributed by atoms with Gasteiger partial charge in [0.2, 0.25) is 5.91 Å². The summed E-state index contributed by atoms with van der Waals surface area (Å²) in [6.07, 6.45) is 0.967. The van der Waals surface area contributed by atoms with Gasteiger partial charge in [-0.15, -0.1) is 10.2 Å². The lowest BCUT2D eigenvalue weighted by molar-refractivity contribution is -0.119. The van der Waals surface area contributed by atoms with Gasteiger partial charge in [-0.1, -0.05) is 23.1 Å². The molecule has 118 valence electrons. The molecular weight excluding hydrogens is 308 g/mol. The van der Waals surface area contributed by atoms with Crippen molar-refractivity contribution in [1.82, 2.24) is 20.4 Å². The van der Waals surface area contributed by atoms with Crippen LogP contribution in [0.5, 0.6) is 0 Å². The molecule has 1 aromatic heterocycles. The van der Waals surface area contributed by atoms with E-state index in [1.165, 1.54) is 23.1 Å². The lowest BCUT2D eigenvalue weighted by atomic mass is 10.2. The fraction of sp³-hybridized carbons (Fsp3) is 0.769. The third kappa shape index (κ3) is 6.29. The van der Waals surface area contributed by atoms with Gasteiger partial charge in [0.25, 0.3) is 0 Å². The number of carbonyl (C=O) groups is 1. The minimum absolute atomic E-state index is 0.0577. The molecule has 0 aliphatic carbocycles. The largest absolute Gasteiger partial charge is 0.379 e. The Hall–Kier alpha value is -0.700. The van der Waals surface area contributed by atoms with Crippen molar-refractivity contribution in [3.63, 3.8) is 0 Å². The van der Waals surface area contributed by atoms with Crippen LogP contribution in [-0.2, 0) is 9.53 Å². The number of morpholine rings is 1. The SMILES string of the molecule is Cc1nnc(SCC(=O)N[C@@H](C)CCN2CCOCC2)s1. The topological polar surface area (TPSA) is 67.4 Å². The normalized spacial score (nSPS) is 17.6. The van der Waals surface area contributed by atoms with Crippen molar-refractivity contribution >= 4 is 29.0 Å². The summed E-state index contributed by atoms with van der Waals surface area (Å²) in [6, 6.07) is 0.192. The maximum Gasteiger partial charge on any atom is 0.230 e. The second kappa shape index (κ2) is 8.67. The van der Waals surface area contributed by atoms with Gasteiger partial charge in [-0.3, -0.25) is 9.69 Å². The molecule has 21 heavy (non-hydrogen) atoms. The second-order valence-electron chi connectivity index (χ2n) is 5.09. The molecule has 1 aliphatic rings. The van der Waals surface area contributed by atoms with E-state index in [9.17, 15) is 4.79 Å². The van der Waals surface area contributed by atoms with Crippen LogP contribution in [0.4, 0.5) is 0 Å². The van der Waals surface area contributed by atoms with E-state index in [-0.39, 0.29) is 11.9 Å². The van der Waals surface area contributed by atoms with E-state index >= 15 is 0 Å². The number of hydrogen-bond donors (Lipinski definition) is 1. The first-order valence-corrected chi connectivity index (χ1v) is 8.96. The molecule has 0 spiro atoms. The molecule has 0 aromatic carbocycles. The molecule has 2 heterocycles. The van der Waals surface area contributed by atoms with Gasteiger partial charge in [-0.25, -0.2) is 0 Å². The van der Waals surface area contributed by atoms with Crippen LogP contribution in [0.1, 0.15) is 18.4 Å². The van der Waals surface area contributed by atoms with Crippen molar-refractivity contribution in [3.05, 3.63) is 5.01 Å². The molecule has 0 bridgehead atoms. The van der Waals surface area contributed by atoms with Crippen LogP contribution < -0.4 is 5.32 Å². The number of rotatable bonds is 7. The van der Waals surface area contributed by atoms with Gasteiger partial charge < -0.3 is 10.1 Å². The predicted molar refractivity (Wildman–Crippen MR) is 84.9 cm³/mol. The number of carbonyl (C=O) groups excluding carboxylic acids is 1. The van der Waals surface area contributed by atoms with E-state index in [4.69, 9.17) is 4.74 Å². The molecule has 1 saturated heterocycles. The van der Waals surface area contributed by atoms with Crippen molar-refractivity contribution in [2.45, 2.75) is 30.6 Å². The highest BCUT2D eigenvalue weighted by Crippen LogP contribution is 2.21. The maximum absolute atomic E-state index is 11.9. The van der Waals surface area contributed by atoms with Crippen LogP contribution >= 0.6 is 23.1 Å². The summed E-state index contributed by atoms with van der Waals surface area (Å²) in [6.45, 7) is 8.60. The van der Waals surface area contributed by atoms with Gasteiger partial charge in [0.1, 0.15) is 5.01 Å². The molecule has 0 unspecified atom stereocenters. The first kappa shape index (κ1) is 16.7. The molecular formula is C13H22N4O2S2. The summed E-state index contributed by atoms with van der Waals surface area (Å²) in [4.78, 5) is 14.3. The monoisotopic (exact) mass is 330 g/mol. The quantitative estimate of drug-likeness (QED) is 0.757. The maximum atomic E-state index is 11.9. The van der Waals surface area contributed by atoms with Crippen LogP contribution in [0, 0.1) is 6.92 Å². The molecule has 0 radical (unpaired) electrons. The fourth-order valence-electron chi connectivity index (χ4n) is 2.05. The predicted octanol–water partition coefficient (Wildman–Crippen LogP) is 1.17. The third-order valence-corrected chi connectivity index (χ3v) is 5.20. The molecule has 1 amide bonds. The molecule has 2 rings (SSSR count). The molecule has 1 aromatic rings. The number of nitrogens with zero attached hydrogens (tertiary/aromatic N) is 3. The second-order valence-corrected chi connectivity index (χ2v) is 7.49. The number of amides is 1. The molecule has 1 atom stereocenters. The molecule has 8 heteroatoms. The highest BCUT2D eigenvalue weighted by Gasteiger charge is 2.13. The zero-order valence-corrected chi connectivity index (χ0v) is 14.1. The summed E-state index contributed by atoms with van der Waals surface area (Å²) in [7, 11) is 0. The van der Waals surface area contributed by atoms with E-state index < -0.39 is 0 Å². The van der Waals surface area contributed by atoms with Gasteiger partial charge in [-0.05, 0) is 20.3 Å². The van der Waals surface area contributed by atoms with Crippen molar-refractivity contribution in [3.8, 4) is 0 Å².